The summed E-state index contributed by atoms with van der Waals surface area (Å²) >= 11 is 0. The molecule has 0 aliphatic carbocycles. The van der Waals surface area contributed by atoms with Crippen LogP contribution in [0.25, 0.3) is 0 Å². The number of hydrogen-bond acceptors (Lipinski definition) is 8. The molecule has 1 aliphatic rings. The second-order valence-electron chi connectivity index (χ2n) is 4.45. The molecule has 112 valence electrons. The number of aliphatic hydroxyl groups excluding tert-OH is 3. The van der Waals surface area contributed by atoms with Gasteiger partial charge in [-0.3, -0.25) is 4.57 Å². The predicted molar refractivity (Wildman–Crippen MR) is 69.1 cm³/mol. The van der Waals surface area contributed by atoms with Crippen molar-refractivity contribution in [2.75, 3.05) is 25.0 Å². The van der Waals surface area contributed by atoms with Crippen molar-refractivity contribution in [3.05, 3.63) is 22.7 Å². The monoisotopic (exact) mass is 286 g/mol. The smallest absolute Gasteiger partial charge is 0.351 e. The number of nitrogens with two attached hydrogens (primary N) is 1. The van der Waals surface area contributed by atoms with Gasteiger partial charge in [0.2, 0.25) is 0 Å². The van der Waals surface area contributed by atoms with Crippen molar-refractivity contribution >= 4 is 5.82 Å². The van der Waals surface area contributed by atoms with Gasteiger partial charge in [0, 0.05) is 19.3 Å². The third-order valence-corrected chi connectivity index (χ3v) is 3.07. The van der Waals surface area contributed by atoms with Crippen LogP contribution >= 0.6 is 0 Å². The Hall–Kier alpha value is -1.52. The van der Waals surface area contributed by atoms with Crippen LogP contribution in [-0.2, 0) is 4.74 Å². The van der Waals surface area contributed by atoms with Crippen LogP contribution in [0.5, 0.6) is 0 Å². The highest BCUT2D eigenvalue weighted by molar-refractivity contribution is 5.31. The maximum Gasteiger partial charge on any atom is 0.351 e. The first kappa shape index (κ1) is 14.9. The Kier molecular flexibility index (Phi) is 4.68. The van der Waals surface area contributed by atoms with E-state index in [1.54, 1.807) is 0 Å². The average molecular weight is 286 g/mol. The molecule has 9 nitrogen and oxygen atoms in total. The van der Waals surface area contributed by atoms with E-state index in [9.17, 15) is 15.0 Å². The van der Waals surface area contributed by atoms with E-state index in [-0.39, 0.29) is 0 Å². The molecule has 4 unspecified atom stereocenters. The zero-order valence-electron chi connectivity index (χ0n) is 10.7. The lowest BCUT2D eigenvalue weighted by Crippen LogP contribution is -2.36. The number of hydrogen-bond donors (Lipinski definition) is 5. The van der Waals surface area contributed by atoms with E-state index < -0.39 is 36.8 Å². The molecule has 0 amide bonds. The maximum absolute atomic E-state index is 11.9. The third kappa shape index (κ3) is 2.81. The number of anilines is 1. The Labute approximate surface area is 114 Å². The topological polar surface area (TPSA) is 143 Å². The molecule has 0 radical (unpaired) electrons. The van der Waals surface area contributed by atoms with Crippen molar-refractivity contribution in [1.29, 1.82) is 0 Å². The number of aromatic nitrogens is 2. The minimum atomic E-state index is -1.31. The summed E-state index contributed by atoms with van der Waals surface area (Å²) in [5, 5.41) is 31.4. The Morgan fingerprint density at radius 1 is 1.45 bits per heavy atom. The van der Waals surface area contributed by atoms with Gasteiger partial charge >= 0.3 is 5.69 Å². The van der Waals surface area contributed by atoms with Crippen LogP contribution in [0.4, 0.5) is 5.82 Å². The lowest BCUT2D eigenvalue weighted by Gasteiger charge is -2.17. The van der Waals surface area contributed by atoms with Crippen LogP contribution in [0.3, 0.4) is 0 Å². The molecule has 0 aromatic carbocycles. The van der Waals surface area contributed by atoms with E-state index >= 15 is 0 Å². The van der Waals surface area contributed by atoms with Gasteiger partial charge in [-0.2, -0.15) is 4.98 Å². The third-order valence-electron chi connectivity index (χ3n) is 3.07. The quantitative estimate of drug-likeness (QED) is 0.391. The molecule has 2 rings (SSSR count). The minimum absolute atomic E-state index is 0.364. The van der Waals surface area contributed by atoms with Crippen LogP contribution in [-0.4, -0.2) is 62.9 Å². The van der Waals surface area contributed by atoms with Gasteiger partial charge in [-0.1, -0.05) is 0 Å². The SMILES string of the molecule is NCCNc1ccn(C2OC(CO)C(O)C2O)c(=O)n1. The summed E-state index contributed by atoms with van der Waals surface area (Å²) < 4.78 is 6.32. The molecule has 0 bridgehead atoms. The molecule has 0 saturated carbocycles. The first-order valence-corrected chi connectivity index (χ1v) is 6.24. The van der Waals surface area contributed by atoms with Gasteiger partial charge < -0.3 is 31.1 Å². The highest BCUT2D eigenvalue weighted by Gasteiger charge is 2.43. The van der Waals surface area contributed by atoms with E-state index in [2.05, 4.69) is 10.3 Å². The van der Waals surface area contributed by atoms with Crippen molar-refractivity contribution in [1.82, 2.24) is 9.55 Å². The molecule has 1 saturated heterocycles. The number of nitrogens with one attached hydrogen (secondary N) is 1. The molecule has 1 aromatic rings. The highest BCUT2D eigenvalue weighted by atomic mass is 16.6. The van der Waals surface area contributed by atoms with Crippen LogP contribution < -0.4 is 16.7 Å². The second-order valence-corrected chi connectivity index (χ2v) is 4.45. The molecule has 4 atom stereocenters. The van der Waals surface area contributed by atoms with Crippen molar-refractivity contribution < 1.29 is 20.1 Å². The van der Waals surface area contributed by atoms with E-state index in [1.165, 1.54) is 12.3 Å². The maximum atomic E-state index is 11.9. The summed E-state index contributed by atoms with van der Waals surface area (Å²) in [6.07, 6.45) is -3.18. The number of rotatable bonds is 5. The largest absolute Gasteiger partial charge is 0.394 e. The Bertz CT molecular complexity index is 508. The summed E-state index contributed by atoms with van der Waals surface area (Å²) in [7, 11) is 0. The van der Waals surface area contributed by atoms with E-state index in [1.807, 2.05) is 0 Å². The summed E-state index contributed by atoms with van der Waals surface area (Å²) in [6.45, 7) is 0.428. The van der Waals surface area contributed by atoms with E-state index in [0.717, 1.165) is 4.57 Å². The number of nitrogens with zero attached hydrogens (tertiary/aromatic N) is 2. The molecular formula is C11H18N4O5. The molecule has 1 aliphatic heterocycles. The molecule has 1 aromatic heterocycles. The van der Waals surface area contributed by atoms with Crippen molar-refractivity contribution in [3.63, 3.8) is 0 Å². The first-order valence-electron chi connectivity index (χ1n) is 6.24. The van der Waals surface area contributed by atoms with Gasteiger partial charge in [0.05, 0.1) is 6.61 Å². The second kappa shape index (κ2) is 6.29. The van der Waals surface area contributed by atoms with Gasteiger partial charge in [-0.25, -0.2) is 4.79 Å². The van der Waals surface area contributed by atoms with Crippen LogP contribution in [0.2, 0.25) is 0 Å². The number of ether oxygens (including phenoxy) is 1. The number of aliphatic hydroxyl groups is 3. The molecular weight excluding hydrogens is 268 g/mol. The van der Waals surface area contributed by atoms with Gasteiger partial charge in [0.15, 0.2) is 6.23 Å². The Morgan fingerprint density at radius 2 is 2.20 bits per heavy atom. The predicted octanol–water partition coefficient (Wildman–Crippen LogP) is -2.77. The lowest BCUT2D eigenvalue weighted by atomic mass is 10.1. The van der Waals surface area contributed by atoms with Crippen LogP contribution in [0.15, 0.2) is 17.1 Å². The standard InChI is InChI=1S/C11H18N4O5/c12-2-3-13-7-1-4-15(11(19)14-7)10-9(18)8(17)6(5-16)20-10/h1,4,6,8-10,16-18H,2-3,5,12H2,(H,13,14,19). The zero-order valence-corrected chi connectivity index (χ0v) is 10.7. The van der Waals surface area contributed by atoms with Gasteiger partial charge in [-0.15, -0.1) is 0 Å². The van der Waals surface area contributed by atoms with Gasteiger partial charge in [0.1, 0.15) is 24.1 Å². The van der Waals surface area contributed by atoms with Crippen LogP contribution in [0.1, 0.15) is 6.23 Å². The summed E-state index contributed by atoms with van der Waals surface area (Å²) in [5.74, 6) is 0.364. The fraction of sp³-hybridized carbons (Fsp3) is 0.636. The molecule has 0 spiro atoms. The van der Waals surface area contributed by atoms with Gasteiger partial charge in [-0.05, 0) is 6.07 Å². The molecule has 6 N–H and O–H groups in total. The van der Waals surface area contributed by atoms with Crippen LogP contribution in [0, 0.1) is 0 Å². The minimum Gasteiger partial charge on any atom is -0.394 e. The summed E-state index contributed by atoms with van der Waals surface area (Å²) in [6, 6.07) is 1.53. The fourth-order valence-electron chi connectivity index (χ4n) is 2.01. The van der Waals surface area contributed by atoms with Crippen molar-refractivity contribution in [2.24, 2.45) is 5.73 Å². The first-order chi connectivity index (χ1) is 9.58. The highest BCUT2D eigenvalue weighted by Crippen LogP contribution is 2.27. The average Bonchev–Trinajstić information content (AvgIpc) is 2.73. The van der Waals surface area contributed by atoms with Crippen molar-refractivity contribution in [3.8, 4) is 0 Å². The molecule has 1 fully saturated rings. The van der Waals surface area contributed by atoms with E-state index in [4.69, 9.17) is 15.6 Å². The molecule has 9 heteroatoms. The summed E-state index contributed by atoms with van der Waals surface area (Å²) in [4.78, 5) is 15.7. The molecule has 20 heavy (non-hydrogen) atoms. The van der Waals surface area contributed by atoms with Gasteiger partial charge in [0.25, 0.3) is 0 Å². The van der Waals surface area contributed by atoms with E-state index in [0.29, 0.717) is 18.9 Å². The zero-order chi connectivity index (χ0) is 14.7. The van der Waals surface area contributed by atoms with Crippen molar-refractivity contribution in [2.45, 2.75) is 24.5 Å². The lowest BCUT2D eigenvalue weighted by molar-refractivity contribution is -0.0549. The normalized spacial score (nSPS) is 29.6. The Balaban J connectivity index is 2.19. The fourth-order valence-corrected chi connectivity index (χ4v) is 2.01. The summed E-state index contributed by atoms with van der Waals surface area (Å²) in [5.41, 5.74) is 4.69. The Morgan fingerprint density at radius 3 is 2.75 bits per heavy atom. The molecule has 2 heterocycles.